The van der Waals surface area contributed by atoms with Crippen LogP contribution >= 0.6 is 15.9 Å². The Morgan fingerprint density at radius 1 is 1.41 bits per heavy atom. The molecule has 0 radical (unpaired) electrons. The van der Waals surface area contributed by atoms with Crippen molar-refractivity contribution in [2.45, 2.75) is 45.6 Å². The first kappa shape index (κ1) is 20.5. The van der Waals surface area contributed by atoms with Gasteiger partial charge in [0.25, 0.3) is 0 Å². The third kappa shape index (κ3) is 3.71. The number of carbonyl (C=O) groups is 2. The van der Waals surface area contributed by atoms with Crippen LogP contribution in [0.25, 0.3) is 0 Å². The Hall–Kier alpha value is -1.25. The van der Waals surface area contributed by atoms with E-state index in [1.54, 1.807) is 24.3 Å². The summed E-state index contributed by atoms with van der Waals surface area (Å²) in [6, 6.07) is 5.86. The number of nitrogens with one attached hydrogen (secondary N) is 1. The van der Waals surface area contributed by atoms with Gasteiger partial charge >= 0.3 is 0 Å². The van der Waals surface area contributed by atoms with Crippen LogP contribution in [0, 0.1) is 16.7 Å². The van der Waals surface area contributed by atoms with Crippen molar-refractivity contribution in [2.24, 2.45) is 16.7 Å². The lowest BCUT2D eigenvalue weighted by molar-refractivity contribution is -0.306. The molecule has 1 aromatic rings. The van der Waals surface area contributed by atoms with E-state index in [-0.39, 0.29) is 22.9 Å². The maximum atomic E-state index is 13.0. The molecule has 27 heavy (non-hydrogen) atoms. The van der Waals surface area contributed by atoms with Gasteiger partial charge in [-0.25, -0.2) is 13.1 Å². The molecule has 0 spiro atoms. The number of aliphatic carboxylic acids is 1. The lowest BCUT2D eigenvalue weighted by Crippen LogP contribution is -2.46. The summed E-state index contributed by atoms with van der Waals surface area (Å²) in [7, 11) is -3.90. The van der Waals surface area contributed by atoms with Gasteiger partial charge in [0.1, 0.15) is 5.78 Å². The molecule has 2 aliphatic rings. The molecular formula is C19H23BrNO5S-. The van der Waals surface area contributed by atoms with Gasteiger partial charge in [-0.05, 0) is 41.9 Å². The number of sulfonamides is 1. The first-order valence-corrected chi connectivity index (χ1v) is 11.4. The third-order valence-electron chi connectivity index (χ3n) is 6.52. The van der Waals surface area contributed by atoms with Crippen molar-refractivity contribution in [3.8, 4) is 0 Å². The van der Waals surface area contributed by atoms with Gasteiger partial charge in [0, 0.05) is 28.7 Å². The largest absolute Gasteiger partial charge is 0.550 e. The Kier molecular flexibility index (Phi) is 5.29. The fraction of sp³-hybridized carbons (Fsp3) is 0.579. The van der Waals surface area contributed by atoms with Crippen LogP contribution in [0.4, 0.5) is 0 Å². The minimum absolute atomic E-state index is 0.00744. The third-order valence-corrected chi connectivity index (χ3v) is 8.53. The highest BCUT2D eigenvalue weighted by Gasteiger charge is 2.65. The predicted molar refractivity (Wildman–Crippen MR) is 102 cm³/mol. The molecular weight excluding hydrogens is 434 g/mol. The second kappa shape index (κ2) is 6.97. The molecule has 0 saturated heterocycles. The Morgan fingerprint density at radius 2 is 2.11 bits per heavy atom. The van der Waals surface area contributed by atoms with Crippen LogP contribution < -0.4 is 9.83 Å². The summed E-state index contributed by atoms with van der Waals surface area (Å²) in [5, 5.41) is 11.2. The summed E-state index contributed by atoms with van der Waals surface area (Å²) in [4.78, 5) is 23.8. The van der Waals surface area contributed by atoms with Crippen LogP contribution in [-0.4, -0.2) is 25.9 Å². The van der Waals surface area contributed by atoms with E-state index in [9.17, 15) is 23.1 Å². The average Bonchev–Trinajstić information content (AvgIpc) is 2.87. The van der Waals surface area contributed by atoms with E-state index >= 15 is 0 Å². The van der Waals surface area contributed by atoms with Crippen molar-refractivity contribution < 1.29 is 23.1 Å². The second-order valence-corrected chi connectivity index (χ2v) is 10.9. The number of hydrogen-bond acceptors (Lipinski definition) is 5. The number of carboxylic acid groups (broad SMARTS) is 1. The molecule has 6 nitrogen and oxygen atoms in total. The van der Waals surface area contributed by atoms with E-state index in [1.807, 2.05) is 13.8 Å². The molecule has 0 amide bonds. The Balaban J connectivity index is 1.87. The van der Waals surface area contributed by atoms with E-state index in [0.29, 0.717) is 22.9 Å². The number of fused-ring (bicyclic) bond motifs is 2. The van der Waals surface area contributed by atoms with E-state index in [1.165, 1.54) is 0 Å². The summed E-state index contributed by atoms with van der Waals surface area (Å²) in [5.41, 5.74) is -0.749. The molecule has 8 heteroatoms. The topological polar surface area (TPSA) is 103 Å². The summed E-state index contributed by atoms with van der Waals surface area (Å²) in [5.74, 6) is -1.43. The van der Waals surface area contributed by atoms with Gasteiger partial charge in [0.15, 0.2) is 0 Å². The van der Waals surface area contributed by atoms with Gasteiger partial charge in [-0.2, -0.15) is 0 Å². The number of benzene rings is 1. The van der Waals surface area contributed by atoms with Crippen LogP contribution in [0.3, 0.4) is 0 Å². The molecule has 2 bridgehead atoms. The minimum Gasteiger partial charge on any atom is -0.550 e. The normalized spacial score (nSPS) is 27.7. The standard InChI is InChI=1S/C19H24BrNO5S/c1-18(2)13-6-7-19(18,16(22)9-13)11-27(25,26)21-15(10-17(23)24)12-4-3-5-14(20)8-12/h3-5,8,13,15,21H,6-7,9-11H2,1-2H3,(H,23,24)/p-1/t13-,15-,19-/m0/s1. The number of carboxylic acids is 1. The highest BCUT2D eigenvalue weighted by molar-refractivity contribution is 9.10. The average molecular weight is 457 g/mol. The number of Topliss-reactive ketones (excluding diaryl/α,β-unsaturated/α-hetero) is 1. The van der Waals surface area contributed by atoms with Crippen LogP contribution in [0.1, 0.15) is 51.1 Å². The van der Waals surface area contributed by atoms with Gasteiger partial charge in [-0.3, -0.25) is 4.79 Å². The number of halogens is 1. The first-order chi connectivity index (χ1) is 12.5. The maximum absolute atomic E-state index is 13.0. The molecule has 2 aliphatic carbocycles. The van der Waals surface area contributed by atoms with Crippen molar-refractivity contribution >= 4 is 37.7 Å². The fourth-order valence-corrected chi connectivity index (χ4v) is 7.29. The fourth-order valence-electron chi connectivity index (χ4n) is 4.81. The molecule has 2 saturated carbocycles. The van der Waals surface area contributed by atoms with Crippen LogP contribution in [0.2, 0.25) is 0 Å². The molecule has 3 atom stereocenters. The van der Waals surface area contributed by atoms with Crippen LogP contribution in [0.15, 0.2) is 28.7 Å². The first-order valence-electron chi connectivity index (χ1n) is 8.95. The molecule has 2 fully saturated rings. The summed E-state index contributed by atoms with van der Waals surface area (Å²) in [6.07, 6.45) is 1.36. The van der Waals surface area contributed by atoms with Crippen molar-refractivity contribution in [1.82, 2.24) is 4.72 Å². The molecule has 1 N–H and O–H groups in total. The van der Waals surface area contributed by atoms with Crippen molar-refractivity contribution in [1.29, 1.82) is 0 Å². The van der Waals surface area contributed by atoms with Gasteiger partial charge in [0.05, 0.1) is 11.8 Å². The number of hydrogen-bond donors (Lipinski definition) is 1. The van der Waals surface area contributed by atoms with Gasteiger partial charge in [-0.15, -0.1) is 0 Å². The van der Waals surface area contributed by atoms with Crippen LogP contribution in [0.5, 0.6) is 0 Å². The lowest BCUT2D eigenvalue weighted by atomic mass is 9.70. The number of carbonyl (C=O) groups excluding carboxylic acids is 2. The molecule has 0 heterocycles. The zero-order valence-electron chi connectivity index (χ0n) is 15.3. The Labute approximate surface area is 167 Å². The van der Waals surface area contributed by atoms with E-state index in [2.05, 4.69) is 20.7 Å². The highest BCUT2D eigenvalue weighted by atomic mass is 79.9. The monoisotopic (exact) mass is 456 g/mol. The van der Waals surface area contributed by atoms with Gasteiger partial charge < -0.3 is 9.90 Å². The molecule has 1 aromatic carbocycles. The number of ketones is 1. The molecule has 148 valence electrons. The van der Waals surface area contributed by atoms with Crippen LogP contribution in [-0.2, 0) is 19.6 Å². The van der Waals surface area contributed by atoms with Crippen molar-refractivity contribution in [3.63, 3.8) is 0 Å². The molecule has 0 aromatic heterocycles. The van der Waals surface area contributed by atoms with Gasteiger partial charge in [0.2, 0.25) is 10.0 Å². The molecule has 0 unspecified atom stereocenters. The van der Waals surface area contributed by atoms with E-state index in [0.717, 1.165) is 6.42 Å². The number of rotatable bonds is 7. The van der Waals surface area contributed by atoms with Crippen molar-refractivity contribution in [3.05, 3.63) is 34.3 Å². The maximum Gasteiger partial charge on any atom is 0.213 e. The predicted octanol–water partition coefficient (Wildman–Crippen LogP) is 1.95. The quantitative estimate of drug-likeness (QED) is 0.674. The molecule has 0 aliphatic heterocycles. The Morgan fingerprint density at radius 3 is 2.63 bits per heavy atom. The highest BCUT2D eigenvalue weighted by Crippen LogP contribution is 2.64. The SMILES string of the molecule is CC1(C)[C@H]2CC[C@]1(CS(=O)(=O)N[C@@H](CC(=O)[O-])c1cccc(Br)c1)C(=O)C2. The van der Waals surface area contributed by atoms with E-state index in [4.69, 9.17) is 0 Å². The van der Waals surface area contributed by atoms with Crippen molar-refractivity contribution in [2.75, 3.05) is 5.75 Å². The molecule has 3 rings (SSSR count). The van der Waals surface area contributed by atoms with Gasteiger partial charge in [-0.1, -0.05) is 41.9 Å². The summed E-state index contributed by atoms with van der Waals surface area (Å²) in [6.45, 7) is 3.94. The minimum atomic E-state index is -3.90. The van der Waals surface area contributed by atoms with E-state index < -0.39 is 33.9 Å². The summed E-state index contributed by atoms with van der Waals surface area (Å²) >= 11 is 3.31. The Bertz CT molecular complexity index is 882. The smallest absolute Gasteiger partial charge is 0.213 e. The zero-order chi connectivity index (χ0) is 20.0. The summed E-state index contributed by atoms with van der Waals surface area (Å²) < 4.78 is 29.2. The second-order valence-electron chi connectivity index (χ2n) is 8.23. The zero-order valence-corrected chi connectivity index (χ0v) is 17.7. The lowest BCUT2D eigenvalue weighted by Gasteiger charge is -2.36.